The summed E-state index contributed by atoms with van der Waals surface area (Å²) in [4.78, 5) is 27.2. The number of aliphatic hydroxyl groups excluding tert-OH is 1. The van der Waals surface area contributed by atoms with Crippen molar-refractivity contribution in [3.05, 3.63) is 95.3 Å². The number of hydrogen-bond donors (Lipinski definition) is 2. The van der Waals surface area contributed by atoms with Gasteiger partial charge in [0.25, 0.3) is 11.7 Å². The van der Waals surface area contributed by atoms with E-state index in [2.05, 4.69) is 0 Å². The van der Waals surface area contributed by atoms with Crippen LogP contribution < -0.4 is 9.64 Å². The number of carbonyl (C=O) groups is 2. The summed E-state index contributed by atoms with van der Waals surface area (Å²) in [5.41, 5.74) is 0.354. The third kappa shape index (κ3) is 3.40. The summed E-state index contributed by atoms with van der Waals surface area (Å²) >= 11 is 0. The second-order valence-corrected chi connectivity index (χ2v) is 6.91. The molecule has 1 aliphatic heterocycles. The molecule has 1 heterocycles. The van der Waals surface area contributed by atoms with Gasteiger partial charge in [0.05, 0.1) is 30.0 Å². The first-order valence-electron chi connectivity index (χ1n) is 9.42. The fraction of sp³-hybridized carbons (Fsp3) is 0.0833. The van der Waals surface area contributed by atoms with Crippen LogP contribution in [0.1, 0.15) is 17.2 Å². The smallest absolute Gasteiger partial charge is 0.300 e. The fourth-order valence-corrected chi connectivity index (χ4v) is 3.71. The van der Waals surface area contributed by atoms with Crippen molar-refractivity contribution in [3.8, 4) is 11.5 Å². The number of ether oxygens (including phenoxy) is 1. The third-order valence-corrected chi connectivity index (χ3v) is 5.12. The Morgan fingerprint density at radius 1 is 1.00 bits per heavy atom. The molecule has 0 spiro atoms. The standard InChI is InChI=1S/C24H18FNO5/c1-31-19-12-11-15(25)13-16(19)22(28)20-21(14-7-3-2-4-8-14)26(24(30)23(20)29)17-9-5-6-10-18(17)27/h2-13,21,27-28H,1H3/b22-20+. The molecule has 1 unspecified atom stereocenters. The van der Waals surface area contributed by atoms with Crippen LogP contribution in [0.5, 0.6) is 11.5 Å². The molecule has 6 nitrogen and oxygen atoms in total. The molecule has 3 aromatic rings. The van der Waals surface area contributed by atoms with Gasteiger partial charge < -0.3 is 14.9 Å². The van der Waals surface area contributed by atoms with Crippen LogP contribution >= 0.6 is 0 Å². The lowest BCUT2D eigenvalue weighted by Crippen LogP contribution is -2.29. The zero-order valence-electron chi connectivity index (χ0n) is 16.4. The normalized spacial score (nSPS) is 17.7. The van der Waals surface area contributed by atoms with Crippen LogP contribution in [0.2, 0.25) is 0 Å². The zero-order chi connectivity index (χ0) is 22.1. The second kappa shape index (κ2) is 7.95. The van der Waals surface area contributed by atoms with Gasteiger partial charge >= 0.3 is 0 Å². The largest absolute Gasteiger partial charge is 0.507 e. The SMILES string of the molecule is COc1ccc(F)cc1/C(O)=C1\C(=O)C(=O)N(c2ccccc2O)C1c1ccccc1. The average Bonchev–Trinajstić information content (AvgIpc) is 3.05. The Labute approximate surface area is 177 Å². The van der Waals surface area contributed by atoms with Crippen LogP contribution in [0.15, 0.2) is 78.4 Å². The van der Waals surface area contributed by atoms with E-state index in [1.165, 1.54) is 25.3 Å². The van der Waals surface area contributed by atoms with Crippen LogP contribution in [0.3, 0.4) is 0 Å². The highest BCUT2D eigenvalue weighted by Gasteiger charge is 2.47. The maximum Gasteiger partial charge on any atom is 0.300 e. The van der Waals surface area contributed by atoms with Crippen LogP contribution in [-0.4, -0.2) is 29.0 Å². The number of Topliss-reactive ketones (excluding diaryl/α,β-unsaturated/α-hetero) is 1. The number of benzene rings is 3. The maximum absolute atomic E-state index is 13.9. The highest BCUT2D eigenvalue weighted by Crippen LogP contribution is 2.45. The second-order valence-electron chi connectivity index (χ2n) is 6.91. The number of aromatic hydroxyl groups is 1. The van der Waals surface area contributed by atoms with Crippen LogP contribution in [0.4, 0.5) is 10.1 Å². The van der Waals surface area contributed by atoms with E-state index >= 15 is 0 Å². The Morgan fingerprint density at radius 2 is 1.68 bits per heavy atom. The quantitative estimate of drug-likeness (QED) is 0.377. The van der Waals surface area contributed by atoms with Crippen molar-refractivity contribution in [1.29, 1.82) is 0 Å². The van der Waals surface area contributed by atoms with Crippen molar-refractivity contribution >= 4 is 23.1 Å². The summed E-state index contributed by atoms with van der Waals surface area (Å²) in [7, 11) is 1.35. The predicted molar refractivity (Wildman–Crippen MR) is 112 cm³/mol. The van der Waals surface area contributed by atoms with Crippen molar-refractivity contribution < 1.29 is 28.9 Å². The van der Waals surface area contributed by atoms with Gasteiger partial charge in [-0.05, 0) is 35.9 Å². The third-order valence-electron chi connectivity index (χ3n) is 5.12. The van der Waals surface area contributed by atoms with Crippen molar-refractivity contribution in [3.63, 3.8) is 0 Å². The lowest BCUT2D eigenvalue weighted by molar-refractivity contribution is -0.132. The van der Waals surface area contributed by atoms with E-state index in [1.54, 1.807) is 42.5 Å². The molecule has 1 atom stereocenters. The number of hydrogen-bond acceptors (Lipinski definition) is 5. The predicted octanol–water partition coefficient (Wildman–Crippen LogP) is 4.17. The minimum atomic E-state index is -1.04. The van der Waals surface area contributed by atoms with E-state index in [-0.39, 0.29) is 28.3 Å². The Bertz CT molecular complexity index is 1210. The number of nitrogens with zero attached hydrogens (tertiary/aromatic N) is 1. The number of carbonyl (C=O) groups excluding carboxylic acids is 2. The average molecular weight is 419 g/mol. The molecule has 1 fully saturated rings. The highest BCUT2D eigenvalue weighted by atomic mass is 19.1. The first-order chi connectivity index (χ1) is 14.9. The molecule has 0 bridgehead atoms. The Morgan fingerprint density at radius 3 is 2.35 bits per heavy atom. The van der Waals surface area contributed by atoms with Gasteiger partial charge in [0.1, 0.15) is 23.1 Å². The van der Waals surface area contributed by atoms with Gasteiger partial charge in [0.2, 0.25) is 0 Å². The lowest BCUT2D eigenvalue weighted by Gasteiger charge is -2.26. The number of anilines is 1. The topological polar surface area (TPSA) is 87.1 Å². The molecule has 7 heteroatoms. The van der Waals surface area contributed by atoms with Gasteiger partial charge in [-0.2, -0.15) is 0 Å². The molecule has 0 radical (unpaired) electrons. The molecule has 31 heavy (non-hydrogen) atoms. The fourth-order valence-electron chi connectivity index (χ4n) is 3.71. The van der Waals surface area contributed by atoms with E-state index in [0.29, 0.717) is 5.56 Å². The first-order valence-corrected chi connectivity index (χ1v) is 9.42. The number of para-hydroxylation sites is 2. The number of phenolic OH excluding ortho intramolecular Hbond substituents is 1. The van der Waals surface area contributed by atoms with Crippen molar-refractivity contribution in [1.82, 2.24) is 0 Å². The number of halogens is 1. The minimum Gasteiger partial charge on any atom is -0.507 e. The zero-order valence-corrected chi connectivity index (χ0v) is 16.4. The van der Waals surface area contributed by atoms with Gasteiger partial charge in [-0.3, -0.25) is 14.5 Å². The Hall–Kier alpha value is -4.13. The van der Waals surface area contributed by atoms with Crippen molar-refractivity contribution in [2.75, 3.05) is 12.0 Å². The molecular weight excluding hydrogens is 401 g/mol. The van der Waals surface area contributed by atoms with Crippen LogP contribution in [0.25, 0.3) is 5.76 Å². The molecule has 1 saturated heterocycles. The molecule has 156 valence electrons. The van der Waals surface area contributed by atoms with Crippen LogP contribution in [-0.2, 0) is 9.59 Å². The summed E-state index contributed by atoms with van der Waals surface area (Å²) in [6, 6.07) is 17.2. The lowest BCUT2D eigenvalue weighted by atomic mass is 9.95. The summed E-state index contributed by atoms with van der Waals surface area (Å²) in [6.45, 7) is 0. The molecule has 2 N–H and O–H groups in total. The summed E-state index contributed by atoms with van der Waals surface area (Å²) in [6.07, 6.45) is 0. The van der Waals surface area contributed by atoms with E-state index in [1.807, 2.05) is 0 Å². The number of ketones is 1. The number of amides is 1. The molecular formula is C24H18FNO5. The van der Waals surface area contributed by atoms with Gasteiger partial charge in [-0.25, -0.2) is 4.39 Å². The Balaban J connectivity index is 2.00. The van der Waals surface area contributed by atoms with E-state index in [4.69, 9.17) is 4.74 Å². The van der Waals surface area contributed by atoms with Gasteiger partial charge in [-0.15, -0.1) is 0 Å². The van der Waals surface area contributed by atoms with Crippen molar-refractivity contribution in [2.24, 2.45) is 0 Å². The molecule has 4 rings (SSSR count). The van der Waals surface area contributed by atoms with E-state index in [9.17, 15) is 24.2 Å². The van der Waals surface area contributed by atoms with Gasteiger partial charge in [0.15, 0.2) is 0 Å². The van der Waals surface area contributed by atoms with Gasteiger partial charge in [-0.1, -0.05) is 42.5 Å². The monoisotopic (exact) mass is 419 g/mol. The van der Waals surface area contributed by atoms with E-state index in [0.717, 1.165) is 17.0 Å². The molecule has 1 aliphatic rings. The molecule has 0 saturated carbocycles. The highest BCUT2D eigenvalue weighted by molar-refractivity contribution is 6.52. The van der Waals surface area contributed by atoms with Gasteiger partial charge in [0, 0.05) is 0 Å². The molecule has 0 aromatic heterocycles. The number of methoxy groups -OCH3 is 1. The number of rotatable bonds is 4. The molecule has 0 aliphatic carbocycles. The van der Waals surface area contributed by atoms with Crippen molar-refractivity contribution in [2.45, 2.75) is 6.04 Å². The molecule has 1 amide bonds. The number of aliphatic hydroxyl groups is 1. The van der Waals surface area contributed by atoms with E-state index < -0.39 is 29.3 Å². The summed E-state index contributed by atoms with van der Waals surface area (Å²) < 4.78 is 19.1. The first kappa shape index (κ1) is 20.2. The molecule has 3 aromatic carbocycles. The summed E-state index contributed by atoms with van der Waals surface area (Å²) in [5.74, 6) is -3.16. The summed E-state index contributed by atoms with van der Waals surface area (Å²) in [5, 5.41) is 21.4. The Kier molecular flexibility index (Phi) is 5.17. The minimum absolute atomic E-state index is 0.0567. The maximum atomic E-state index is 13.9. The van der Waals surface area contributed by atoms with Crippen LogP contribution in [0, 0.1) is 5.82 Å². The number of phenols is 1.